The minimum atomic E-state index is -3.48. The van der Waals surface area contributed by atoms with Crippen molar-refractivity contribution in [3.8, 4) is 0 Å². The second-order valence-electron chi connectivity index (χ2n) is 4.99. The Hall–Kier alpha value is -0.920. The molecule has 0 radical (unpaired) electrons. The Kier molecular flexibility index (Phi) is 4.27. The van der Waals surface area contributed by atoms with Crippen LogP contribution in [0.1, 0.15) is 25.6 Å². The fraction of sp³-hybridized carbons (Fsp3) is 0.750. The Morgan fingerprint density at radius 3 is 2.79 bits per heavy atom. The molecule has 1 aromatic heterocycles. The van der Waals surface area contributed by atoms with Crippen molar-refractivity contribution in [1.29, 1.82) is 0 Å². The molecule has 1 fully saturated rings. The number of aryl methyl sites for hydroxylation is 2. The predicted molar refractivity (Wildman–Crippen MR) is 73.4 cm³/mol. The van der Waals surface area contributed by atoms with Crippen LogP contribution in [0, 0.1) is 6.92 Å². The van der Waals surface area contributed by atoms with Crippen LogP contribution in [0.2, 0.25) is 0 Å². The summed E-state index contributed by atoms with van der Waals surface area (Å²) >= 11 is 0. The van der Waals surface area contributed by atoms with Crippen LogP contribution in [0.3, 0.4) is 0 Å². The van der Waals surface area contributed by atoms with Crippen molar-refractivity contribution in [3.05, 3.63) is 12.0 Å². The molecule has 0 bridgehead atoms. The minimum absolute atomic E-state index is 0.146. The lowest BCUT2D eigenvalue weighted by atomic mass is 10.2. The van der Waals surface area contributed by atoms with Gasteiger partial charge in [-0.15, -0.1) is 0 Å². The van der Waals surface area contributed by atoms with E-state index in [4.69, 9.17) is 0 Å². The van der Waals surface area contributed by atoms with Gasteiger partial charge in [0.05, 0.1) is 0 Å². The van der Waals surface area contributed by atoms with Gasteiger partial charge >= 0.3 is 0 Å². The van der Waals surface area contributed by atoms with Crippen molar-refractivity contribution in [2.75, 3.05) is 19.6 Å². The standard InChI is InChI=1S/C12H22N4O2S/c1-4-16(8-11-6-5-7-13-11)19(17,18)12-9-15(3)10(2)14-12/h9,11,13H,4-8H2,1-3H3. The third-order valence-corrected chi connectivity index (χ3v) is 5.44. The molecule has 0 spiro atoms. The molecular weight excluding hydrogens is 264 g/mol. The largest absolute Gasteiger partial charge is 0.337 e. The predicted octanol–water partition coefficient (Wildman–Crippen LogP) is 0.491. The molecule has 0 amide bonds. The zero-order chi connectivity index (χ0) is 14.0. The van der Waals surface area contributed by atoms with E-state index in [0.717, 1.165) is 19.4 Å². The van der Waals surface area contributed by atoms with Crippen molar-refractivity contribution in [1.82, 2.24) is 19.2 Å². The third kappa shape index (κ3) is 2.98. The van der Waals surface area contributed by atoms with Crippen LogP contribution < -0.4 is 5.32 Å². The SMILES string of the molecule is CCN(CC1CCCN1)S(=O)(=O)c1cn(C)c(C)n1. The van der Waals surface area contributed by atoms with Crippen molar-refractivity contribution < 1.29 is 8.42 Å². The average molecular weight is 286 g/mol. The molecule has 0 saturated carbocycles. The fourth-order valence-electron chi connectivity index (χ4n) is 2.34. The maximum atomic E-state index is 12.5. The molecule has 1 unspecified atom stereocenters. The first-order valence-corrected chi connectivity index (χ1v) is 8.12. The smallest absolute Gasteiger partial charge is 0.262 e. The van der Waals surface area contributed by atoms with E-state index in [1.807, 2.05) is 6.92 Å². The number of nitrogens with one attached hydrogen (secondary N) is 1. The summed E-state index contributed by atoms with van der Waals surface area (Å²) in [6, 6.07) is 0.263. The Balaban J connectivity index is 2.20. The molecular formula is C12H22N4O2S. The lowest BCUT2D eigenvalue weighted by Gasteiger charge is -2.22. The number of likely N-dealkylation sites (N-methyl/N-ethyl adjacent to an activating group) is 1. The van der Waals surface area contributed by atoms with E-state index in [2.05, 4.69) is 10.3 Å². The summed E-state index contributed by atoms with van der Waals surface area (Å²) < 4.78 is 28.3. The first-order chi connectivity index (χ1) is 8.95. The van der Waals surface area contributed by atoms with E-state index in [1.165, 1.54) is 4.31 Å². The van der Waals surface area contributed by atoms with Crippen molar-refractivity contribution in [3.63, 3.8) is 0 Å². The van der Waals surface area contributed by atoms with Gasteiger partial charge in [0.2, 0.25) is 0 Å². The van der Waals surface area contributed by atoms with Crippen LogP contribution in [-0.2, 0) is 17.1 Å². The Morgan fingerprint density at radius 2 is 2.32 bits per heavy atom. The molecule has 108 valence electrons. The second kappa shape index (κ2) is 5.60. The highest BCUT2D eigenvalue weighted by atomic mass is 32.2. The van der Waals surface area contributed by atoms with Crippen LogP contribution in [0.4, 0.5) is 0 Å². The molecule has 0 aromatic carbocycles. The highest BCUT2D eigenvalue weighted by Crippen LogP contribution is 2.17. The topological polar surface area (TPSA) is 67.2 Å². The van der Waals surface area contributed by atoms with E-state index < -0.39 is 10.0 Å². The van der Waals surface area contributed by atoms with Gasteiger partial charge in [0.15, 0.2) is 5.03 Å². The molecule has 2 rings (SSSR count). The van der Waals surface area contributed by atoms with E-state index in [-0.39, 0.29) is 11.1 Å². The first-order valence-electron chi connectivity index (χ1n) is 6.68. The van der Waals surface area contributed by atoms with Crippen LogP contribution in [-0.4, -0.2) is 48.0 Å². The summed E-state index contributed by atoms with van der Waals surface area (Å²) in [7, 11) is -1.68. The van der Waals surface area contributed by atoms with Gasteiger partial charge < -0.3 is 9.88 Å². The quantitative estimate of drug-likeness (QED) is 0.855. The number of nitrogens with zero attached hydrogens (tertiary/aromatic N) is 3. The number of hydrogen-bond donors (Lipinski definition) is 1. The van der Waals surface area contributed by atoms with Gasteiger partial charge in [0, 0.05) is 32.4 Å². The van der Waals surface area contributed by atoms with Crippen LogP contribution in [0.25, 0.3) is 0 Å². The van der Waals surface area contributed by atoms with Crippen LogP contribution >= 0.6 is 0 Å². The molecule has 7 heteroatoms. The fourth-order valence-corrected chi connectivity index (χ4v) is 3.86. The summed E-state index contributed by atoms with van der Waals surface area (Å²) in [5.41, 5.74) is 0. The number of sulfonamides is 1. The normalized spacial score (nSPS) is 20.3. The number of hydrogen-bond acceptors (Lipinski definition) is 4. The van der Waals surface area contributed by atoms with Crippen molar-refractivity contribution in [2.24, 2.45) is 7.05 Å². The van der Waals surface area contributed by atoms with Crippen molar-refractivity contribution >= 4 is 10.0 Å². The molecule has 2 heterocycles. The maximum absolute atomic E-state index is 12.5. The van der Waals surface area contributed by atoms with E-state index >= 15 is 0 Å². The Bertz CT molecular complexity index is 512. The summed E-state index contributed by atoms with van der Waals surface area (Å²) in [5, 5.41) is 3.48. The molecule has 1 aliphatic heterocycles. The number of aromatic nitrogens is 2. The average Bonchev–Trinajstić information content (AvgIpc) is 2.97. The van der Waals surface area contributed by atoms with Gasteiger partial charge in [-0.1, -0.05) is 6.92 Å². The molecule has 1 N–H and O–H groups in total. The van der Waals surface area contributed by atoms with Gasteiger partial charge in [-0.2, -0.15) is 4.31 Å². The maximum Gasteiger partial charge on any atom is 0.262 e. The minimum Gasteiger partial charge on any atom is -0.337 e. The zero-order valence-electron chi connectivity index (χ0n) is 11.8. The van der Waals surface area contributed by atoms with Gasteiger partial charge in [0.1, 0.15) is 5.82 Å². The Morgan fingerprint density at radius 1 is 1.58 bits per heavy atom. The molecule has 1 saturated heterocycles. The molecule has 6 nitrogen and oxygen atoms in total. The number of imidazole rings is 1. The zero-order valence-corrected chi connectivity index (χ0v) is 12.6. The Labute approximate surface area is 114 Å². The molecule has 1 aromatic rings. The lowest BCUT2D eigenvalue weighted by molar-refractivity contribution is 0.381. The monoisotopic (exact) mass is 286 g/mol. The molecule has 0 aliphatic carbocycles. The van der Waals surface area contributed by atoms with Gasteiger partial charge in [-0.25, -0.2) is 13.4 Å². The van der Waals surface area contributed by atoms with E-state index in [9.17, 15) is 8.42 Å². The second-order valence-corrected chi connectivity index (χ2v) is 6.87. The molecule has 1 atom stereocenters. The summed E-state index contributed by atoms with van der Waals surface area (Å²) in [4.78, 5) is 4.14. The third-order valence-electron chi connectivity index (χ3n) is 3.63. The van der Waals surface area contributed by atoms with Crippen LogP contribution in [0.15, 0.2) is 11.2 Å². The molecule has 19 heavy (non-hydrogen) atoms. The van der Waals surface area contributed by atoms with Crippen LogP contribution in [0.5, 0.6) is 0 Å². The summed E-state index contributed by atoms with van der Waals surface area (Å²) in [6.45, 7) is 5.63. The molecule has 1 aliphatic rings. The first kappa shape index (κ1) is 14.5. The highest BCUT2D eigenvalue weighted by Gasteiger charge is 2.29. The van der Waals surface area contributed by atoms with E-state index in [0.29, 0.717) is 18.9 Å². The summed E-state index contributed by atoms with van der Waals surface area (Å²) in [6.07, 6.45) is 3.73. The highest BCUT2D eigenvalue weighted by molar-refractivity contribution is 7.89. The van der Waals surface area contributed by atoms with Crippen molar-refractivity contribution in [2.45, 2.75) is 37.8 Å². The number of rotatable bonds is 5. The van der Waals surface area contributed by atoms with E-state index in [1.54, 1.807) is 24.7 Å². The van der Waals surface area contributed by atoms with Gasteiger partial charge in [-0.3, -0.25) is 0 Å². The summed E-state index contributed by atoms with van der Waals surface area (Å²) in [5.74, 6) is 0.702. The van der Waals surface area contributed by atoms with Gasteiger partial charge in [-0.05, 0) is 26.3 Å². The lowest BCUT2D eigenvalue weighted by Crippen LogP contribution is -2.41. The van der Waals surface area contributed by atoms with Gasteiger partial charge in [0.25, 0.3) is 10.0 Å².